The highest BCUT2D eigenvalue weighted by Crippen LogP contribution is 2.37. The summed E-state index contributed by atoms with van der Waals surface area (Å²) in [5.74, 6) is 0. The number of aryl methyl sites for hydroxylation is 1. The molecule has 0 aliphatic carbocycles. The van der Waals surface area contributed by atoms with Crippen molar-refractivity contribution in [2.75, 3.05) is 6.54 Å². The first-order chi connectivity index (χ1) is 12.3. The van der Waals surface area contributed by atoms with Crippen molar-refractivity contribution >= 4 is 38.4 Å². The molecule has 0 amide bonds. The Morgan fingerprint density at radius 3 is 2.38 bits per heavy atom. The molecule has 4 heteroatoms. The predicted octanol–water partition coefficient (Wildman–Crippen LogP) is 6.83. The molecule has 0 spiro atoms. The molecule has 0 bridgehead atoms. The van der Waals surface area contributed by atoms with Crippen molar-refractivity contribution in [3.8, 4) is 11.3 Å². The fourth-order valence-electron chi connectivity index (χ4n) is 3.36. The van der Waals surface area contributed by atoms with Crippen molar-refractivity contribution in [1.82, 2.24) is 4.98 Å². The molecule has 3 rings (SSSR count). The second-order valence-corrected chi connectivity index (χ2v) is 9.18. The maximum atomic E-state index is 6.50. The number of hydrogen-bond donors (Lipinski definition) is 2. The van der Waals surface area contributed by atoms with Gasteiger partial charge in [-0.2, -0.15) is 0 Å². The van der Waals surface area contributed by atoms with Crippen LogP contribution in [-0.4, -0.2) is 11.5 Å². The average Bonchev–Trinajstić information content (AvgIpc) is 2.93. The molecule has 1 aromatic heterocycles. The Morgan fingerprint density at radius 1 is 1.08 bits per heavy atom. The van der Waals surface area contributed by atoms with Crippen molar-refractivity contribution in [3.63, 3.8) is 0 Å². The fourth-order valence-corrected chi connectivity index (χ4v) is 4.22. The number of fused-ring (bicyclic) bond motifs is 1. The lowest BCUT2D eigenvalue weighted by Crippen LogP contribution is -2.10. The van der Waals surface area contributed by atoms with Crippen molar-refractivity contribution in [2.45, 2.75) is 45.4 Å². The van der Waals surface area contributed by atoms with E-state index in [1.54, 1.807) is 0 Å². The van der Waals surface area contributed by atoms with Gasteiger partial charge < -0.3 is 10.7 Å². The Labute approximate surface area is 169 Å². The van der Waals surface area contributed by atoms with Crippen molar-refractivity contribution < 1.29 is 0 Å². The van der Waals surface area contributed by atoms with E-state index in [9.17, 15) is 0 Å². The van der Waals surface area contributed by atoms with Gasteiger partial charge in [0.15, 0.2) is 0 Å². The first kappa shape index (κ1) is 19.5. The third kappa shape index (κ3) is 4.00. The molecule has 0 unspecified atom stereocenters. The van der Waals surface area contributed by atoms with E-state index < -0.39 is 0 Å². The quantitative estimate of drug-likeness (QED) is 0.425. The largest absolute Gasteiger partial charge is 0.353 e. The maximum Gasteiger partial charge on any atom is 0.0658 e. The second kappa shape index (κ2) is 7.75. The summed E-state index contributed by atoms with van der Waals surface area (Å²) in [6.07, 6.45) is 3.08. The molecule has 0 radical (unpaired) electrons. The molecule has 0 saturated heterocycles. The fraction of sp³-hybridized carbons (Fsp3) is 0.364. The van der Waals surface area contributed by atoms with Gasteiger partial charge in [0.05, 0.1) is 10.5 Å². The van der Waals surface area contributed by atoms with Gasteiger partial charge in [-0.3, -0.25) is 0 Å². The third-order valence-electron chi connectivity index (χ3n) is 4.85. The molecule has 2 aromatic carbocycles. The molecule has 3 N–H and O–H groups in total. The molecule has 0 atom stereocenters. The standard InChI is InChI=1S/C22H26BrClN2/c1-22(2,3)15-9-7-14(8-10-15)20-17(6-4-5-11-25)18-12-16(23)13-19(24)21(18)26-20/h7-10,12-13,26H,4-6,11,25H2,1-3H3. The molecule has 0 saturated carbocycles. The van der Waals surface area contributed by atoms with Crippen LogP contribution in [-0.2, 0) is 11.8 Å². The summed E-state index contributed by atoms with van der Waals surface area (Å²) in [6, 6.07) is 13.0. The summed E-state index contributed by atoms with van der Waals surface area (Å²) in [5.41, 5.74) is 11.9. The van der Waals surface area contributed by atoms with Gasteiger partial charge in [0.1, 0.15) is 0 Å². The van der Waals surface area contributed by atoms with Gasteiger partial charge in [-0.15, -0.1) is 0 Å². The number of nitrogens with one attached hydrogen (secondary N) is 1. The van der Waals surface area contributed by atoms with Gasteiger partial charge in [0.25, 0.3) is 0 Å². The molecule has 0 fully saturated rings. The molecule has 3 aromatic rings. The van der Waals surface area contributed by atoms with Crippen LogP contribution in [0.15, 0.2) is 40.9 Å². The Kier molecular flexibility index (Phi) is 5.81. The van der Waals surface area contributed by atoms with E-state index in [0.717, 1.165) is 46.5 Å². The molecule has 26 heavy (non-hydrogen) atoms. The summed E-state index contributed by atoms with van der Waals surface area (Å²) < 4.78 is 1.00. The van der Waals surface area contributed by atoms with E-state index >= 15 is 0 Å². The van der Waals surface area contributed by atoms with Gasteiger partial charge in [0.2, 0.25) is 0 Å². The van der Waals surface area contributed by atoms with Gasteiger partial charge in [-0.1, -0.05) is 72.6 Å². The van der Waals surface area contributed by atoms with Crippen LogP contribution in [0.2, 0.25) is 5.02 Å². The minimum Gasteiger partial charge on any atom is -0.353 e. The minimum absolute atomic E-state index is 0.150. The van der Waals surface area contributed by atoms with Gasteiger partial charge in [-0.25, -0.2) is 0 Å². The maximum absolute atomic E-state index is 6.50. The number of hydrogen-bond acceptors (Lipinski definition) is 1. The Bertz CT molecular complexity index is 905. The van der Waals surface area contributed by atoms with Crippen molar-refractivity contribution in [1.29, 1.82) is 0 Å². The SMILES string of the molecule is CC(C)(C)c1ccc(-c2[nH]c3c(Cl)cc(Br)cc3c2CCCCN)cc1. The third-order valence-corrected chi connectivity index (χ3v) is 5.61. The van der Waals surface area contributed by atoms with Gasteiger partial charge in [-0.05, 0) is 60.0 Å². The summed E-state index contributed by atoms with van der Waals surface area (Å²) >= 11 is 10.1. The van der Waals surface area contributed by atoms with Crippen LogP contribution in [0.4, 0.5) is 0 Å². The predicted molar refractivity (Wildman–Crippen MR) is 117 cm³/mol. The first-order valence-electron chi connectivity index (χ1n) is 9.12. The molecule has 0 aliphatic rings. The van der Waals surface area contributed by atoms with E-state index in [1.807, 2.05) is 6.07 Å². The summed E-state index contributed by atoms with van der Waals surface area (Å²) in [7, 11) is 0. The van der Waals surface area contributed by atoms with Gasteiger partial charge >= 0.3 is 0 Å². The highest BCUT2D eigenvalue weighted by molar-refractivity contribution is 9.10. The Hall–Kier alpha value is -1.29. The van der Waals surface area contributed by atoms with E-state index in [2.05, 4.69) is 72.0 Å². The normalized spacial score (nSPS) is 12.1. The highest BCUT2D eigenvalue weighted by atomic mass is 79.9. The van der Waals surface area contributed by atoms with Crippen LogP contribution in [0.3, 0.4) is 0 Å². The lowest BCUT2D eigenvalue weighted by molar-refractivity contribution is 0.590. The van der Waals surface area contributed by atoms with Crippen LogP contribution in [0.25, 0.3) is 22.2 Å². The van der Waals surface area contributed by atoms with E-state index in [4.69, 9.17) is 17.3 Å². The number of halogens is 2. The molecular formula is C22H26BrClN2. The van der Waals surface area contributed by atoms with Crippen molar-refractivity contribution in [3.05, 3.63) is 57.0 Å². The lowest BCUT2D eigenvalue weighted by Gasteiger charge is -2.19. The zero-order valence-corrected chi connectivity index (χ0v) is 18.0. The zero-order valence-electron chi connectivity index (χ0n) is 15.6. The van der Waals surface area contributed by atoms with Crippen LogP contribution >= 0.6 is 27.5 Å². The van der Waals surface area contributed by atoms with E-state index in [1.165, 1.54) is 22.1 Å². The van der Waals surface area contributed by atoms with Crippen LogP contribution in [0.5, 0.6) is 0 Å². The summed E-state index contributed by atoms with van der Waals surface area (Å²) in [6.45, 7) is 7.43. The summed E-state index contributed by atoms with van der Waals surface area (Å²) in [4.78, 5) is 3.58. The number of aromatic nitrogens is 1. The number of nitrogens with two attached hydrogens (primary N) is 1. The zero-order chi connectivity index (χ0) is 18.9. The molecule has 1 heterocycles. The summed E-state index contributed by atoms with van der Waals surface area (Å²) in [5, 5.41) is 1.93. The molecule has 0 aliphatic heterocycles. The molecule has 2 nitrogen and oxygen atoms in total. The Balaban J connectivity index is 2.11. The number of unbranched alkanes of at least 4 members (excludes halogenated alkanes) is 1. The number of H-pyrrole nitrogens is 1. The first-order valence-corrected chi connectivity index (χ1v) is 10.3. The number of benzene rings is 2. The number of rotatable bonds is 5. The van der Waals surface area contributed by atoms with E-state index in [-0.39, 0.29) is 5.41 Å². The van der Waals surface area contributed by atoms with E-state index in [0.29, 0.717) is 0 Å². The Morgan fingerprint density at radius 2 is 1.77 bits per heavy atom. The lowest BCUT2D eigenvalue weighted by atomic mass is 9.86. The highest BCUT2D eigenvalue weighted by Gasteiger charge is 2.17. The van der Waals surface area contributed by atoms with Crippen LogP contribution in [0, 0.1) is 0 Å². The van der Waals surface area contributed by atoms with Gasteiger partial charge in [0, 0.05) is 15.6 Å². The average molecular weight is 434 g/mol. The molecule has 138 valence electrons. The minimum atomic E-state index is 0.150. The van der Waals surface area contributed by atoms with Crippen LogP contribution in [0.1, 0.15) is 44.7 Å². The number of aromatic amines is 1. The van der Waals surface area contributed by atoms with Crippen molar-refractivity contribution in [2.24, 2.45) is 5.73 Å². The smallest absolute Gasteiger partial charge is 0.0658 e. The molecular weight excluding hydrogens is 408 g/mol. The topological polar surface area (TPSA) is 41.8 Å². The second-order valence-electron chi connectivity index (χ2n) is 7.86. The monoisotopic (exact) mass is 432 g/mol. The van der Waals surface area contributed by atoms with Crippen LogP contribution < -0.4 is 5.73 Å².